The van der Waals surface area contributed by atoms with Crippen LogP contribution < -0.4 is 0 Å². The topological polar surface area (TPSA) is 53.4 Å². The van der Waals surface area contributed by atoms with E-state index >= 15 is 0 Å². The summed E-state index contributed by atoms with van der Waals surface area (Å²) < 4.78 is 13.8. The molecule has 0 spiro atoms. The molecular formula is C13H8FNO2S. The van der Waals surface area contributed by atoms with E-state index in [1.165, 1.54) is 41.7 Å². The van der Waals surface area contributed by atoms with Crippen LogP contribution in [0.1, 0.15) is 0 Å². The summed E-state index contributed by atoms with van der Waals surface area (Å²) in [6.07, 6.45) is 0. The quantitative estimate of drug-likeness (QED) is 0.659. The zero-order chi connectivity index (χ0) is 12.7. The second kappa shape index (κ2) is 3.96. The maximum atomic E-state index is 13.1. The van der Waals surface area contributed by atoms with Gasteiger partial charge in [0.25, 0.3) is 0 Å². The number of rotatable bonds is 1. The first-order valence-corrected chi connectivity index (χ1v) is 6.03. The van der Waals surface area contributed by atoms with E-state index in [0.717, 1.165) is 0 Å². The molecule has 3 nitrogen and oxygen atoms in total. The monoisotopic (exact) mass is 261 g/mol. The molecule has 0 radical (unpaired) electrons. The third-order valence-electron chi connectivity index (χ3n) is 2.56. The summed E-state index contributed by atoms with van der Waals surface area (Å²) in [5, 5.41) is 19.7. The van der Waals surface area contributed by atoms with Gasteiger partial charge in [-0.25, -0.2) is 9.37 Å². The number of aromatic nitrogens is 1. The van der Waals surface area contributed by atoms with Crippen LogP contribution >= 0.6 is 11.3 Å². The van der Waals surface area contributed by atoms with Crippen LogP contribution in [-0.4, -0.2) is 15.2 Å². The van der Waals surface area contributed by atoms with Crippen LogP contribution in [-0.2, 0) is 0 Å². The maximum absolute atomic E-state index is 13.1. The summed E-state index contributed by atoms with van der Waals surface area (Å²) in [5.74, 6) is -0.238. The lowest BCUT2D eigenvalue weighted by molar-refractivity contribution is 0.462. The van der Waals surface area contributed by atoms with Crippen molar-refractivity contribution in [3.63, 3.8) is 0 Å². The minimum absolute atomic E-state index is 0.0346. The Morgan fingerprint density at radius 2 is 1.89 bits per heavy atom. The lowest BCUT2D eigenvalue weighted by Crippen LogP contribution is -1.77. The first-order chi connectivity index (χ1) is 8.63. The Balaban J connectivity index is 2.22. The van der Waals surface area contributed by atoms with Gasteiger partial charge in [-0.3, -0.25) is 0 Å². The standard InChI is InChI=1S/C13H8FNO2S/c14-7-1-3-10-12(5-7)18-13(15-10)9-6-8(16)2-4-11(9)17/h1-6,16-17H. The van der Waals surface area contributed by atoms with Crippen molar-refractivity contribution in [1.29, 1.82) is 0 Å². The lowest BCUT2D eigenvalue weighted by atomic mass is 10.2. The van der Waals surface area contributed by atoms with E-state index < -0.39 is 0 Å². The van der Waals surface area contributed by atoms with Crippen molar-refractivity contribution in [3.05, 3.63) is 42.2 Å². The molecular weight excluding hydrogens is 253 g/mol. The molecule has 1 heterocycles. The van der Waals surface area contributed by atoms with E-state index in [1.807, 2.05) is 0 Å². The van der Waals surface area contributed by atoms with Crippen molar-refractivity contribution in [1.82, 2.24) is 4.98 Å². The van der Waals surface area contributed by atoms with E-state index in [4.69, 9.17) is 0 Å². The number of nitrogens with zero attached hydrogens (tertiary/aromatic N) is 1. The minimum atomic E-state index is -0.321. The molecule has 0 aliphatic carbocycles. The van der Waals surface area contributed by atoms with E-state index in [1.54, 1.807) is 6.07 Å². The number of phenolic OH excluding ortho intramolecular Hbond substituents is 2. The third-order valence-corrected chi connectivity index (χ3v) is 3.61. The largest absolute Gasteiger partial charge is 0.508 e. The average Bonchev–Trinajstić information content (AvgIpc) is 2.74. The highest BCUT2D eigenvalue weighted by molar-refractivity contribution is 7.21. The second-order valence-electron chi connectivity index (χ2n) is 3.83. The Bertz CT molecular complexity index is 739. The second-order valence-corrected chi connectivity index (χ2v) is 4.86. The Labute approximate surface area is 106 Å². The number of aromatic hydroxyl groups is 2. The van der Waals surface area contributed by atoms with Crippen LogP contribution in [0, 0.1) is 5.82 Å². The Morgan fingerprint density at radius 3 is 2.72 bits per heavy atom. The summed E-state index contributed by atoms with van der Waals surface area (Å²) >= 11 is 1.27. The predicted octanol–water partition coefficient (Wildman–Crippen LogP) is 3.51. The van der Waals surface area contributed by atoms with Gasteiger partial charge in [-0.15, -0.1) is 11.3 Å². The first kappa shape index (κ1) is 11.0. The van der Waals surface area contributed by atoms with Gasteiger partial charge in [-0.1, -0.05) is 0 Å². The predicted molar refractivity (Wildman–Crippen MR) is 68.3 cm³/mol. The van der Waals surface area contributed by atoms with Crippen LogP contribution in [0.4, 0.5) is 4.39 Å². The van der Waals surface area contributed by atoms with Crippen molar-refractivity contribution in [2.24, 2.45) is 0 Å². The molecule has 0 atom stereocenters. The van der Waals surface area contributed by atoms with E-state index in [-0.39, 0.29) is 17.3 Å². The van der Waals surface area contributed by atoms with Gasteiger partial charge in [0.2, 0.25) is 0 Å². The fraction of sp³-hybridized carbons (Fsp3) is 0. The number of benzene rings is 2. The molecule has 0 saturated carbocycles. The van der Waals surface area contributed by atoms with Gasteiger partial charge in [0.05, 0.1) is 15.8 Å². The molecule has 90 valence electrons. The molecule has 0 aliphatic heterocycles. The molecule has 0 aliphatic rings. The van der Waals surface area contributed by atoms with Gasteiger partial charge >= 0.3 is 0 Å². The Morgan fingerprint density at radius 1 is 1.06 bits per heavy atom. The van der Waals surface area contributed by atoms with Crippen molar-refractivity contribution < 1.29 is 14.6 Å². The highest BCUT2D eigenvalue weighted by atomic mass is 32.1. The van der Waals surface area contributed by atoms with Crippen LogP contribution in [0.2, 0.25) is 0 Å². The third kappa shape index (κ3) is 1.78. The summed E-state index contributed by atoms with van der Waals surface area (Å²) in [4.78, 5) is 4.31. The van der Waals surface area contributed by atoms with Crippen molar-refractivity contribution in [2.45, 2.75) is 0 Å². The molecule has 3 rings (SSSR count). The Hall–Kier alpha value is -2.14. The number of phenols is 2. The molecule has 3 aromatic rings. The number of thiazole rings is 1. The maximum Gasteiger partial charge on any atom is 0.128 e. The van der Waals surface area contributed by atoms with Crippen LogP contribution in [0.3, 0.4) is 0 Å². The molecule has 0 saturated heterocycles. The van der Waals surface area contributed by atoms with Gasteiger partial charge in [0.15, 0.2) is 0 Å². The SMILES string of the molecule is Oc1ccc(O)c(-c2nc3ccc(F)cc3s2)c1. The zero-order valence-electron chi connectivity index (χ0n) is 9.09. The molecule has 0 unspecified atom stereocenters. The van der Waals surface area contributed by atoms with Crippen molar-refractivity contribution in [3.8, 4) is 22.1 Å². The van der Waals surface area contributed by atoms with E-state index in [9.17, 15) is 14.6 Å². The van der Waals surface area contributed by atoms with E-state index in [2.05, 4.69) is 4.98 Å². The fourth-order valence-electron chi connectivity index (χ4n) is 1.71. The van der Waals surface area contributed by atoms with Crippen molar-refractivity contribution >= 4 is 21.6 Å². The molecule has 18 heavy (non-hydrogen) atoms. The number of fused-ring (bicyclic) bond motifs is 1. The smallest absolute Gasteiger partial charge is 0.128 e. The fourth-order valence-corrected chi connectivity index (χ4v) is 2.72. The summed E-state index contributed by atoms with van der Waals surface area (Å²) in [6.45, 7) is 0. The normalized spacial score (nSPS) is 10.9. The number of hydrogen-bond donors (Lipinski definition) is 2. The molecule has 0 bridgehead atoms. The van der Waals surface area contributed by atoms with Crippen LogP contribution in [0.25, 0.3) is 20.8 Å². The molecule has 2 aromatic carbocycles. The molecule has 0 fully saturated rings. The highest BCUT2D eigenvalue weighted by Crippen LogP contribution is 2.37. The summed E-state index contributed by atoms with van der Waals surface area (Å²) in [7, 11) is 0. The average molecular weight is 261 g/mol. The highest BCUT2D eigenvalue weighted by Gasteiger charge is 2.11. The molecule has 1 aromatic heterocycles. The minimum Gasteiger partial charge on any atom is -0.508 e. The summed E-state index contributed by atoms with van der Waals surface area (Å²) in [5.41, 5.74) is 1.11. The number of hydrogen-bond acceptors (Lipinski definition) is 4. The van der Waals surface area contributed by atoms with E-state index in [0.29, 0.717) is 20.8 Å². The van der Waals surface area contributed by atoms with Crippen LogP contribution in [0.5, 0.6) is 11.5 Å². The molecule has 0 amide bonds. The lowest BCUT2D eigenvalue weighted by Gasteiger charge is -2.00. The van der Waals surface area contributed by atoms with Crippen LogP contribution in [0.15, 0.2) is 36.4 Å². The Kier molecular flexibility index (Phi) is 2.41. The van der Waals surface area contributed by atoms with Gasteiger partial charge in [0, 0.05) is 0 Å². The van der Waals surface area contributed by atoms with Gasteiger partial charge in [0.1, 0.15) is 22.3 Å². The molecule has 2 N–H and O–H groups in total. The molecule has 5 heteroatoms. The number of halogens is 1. The van der Waals surface area contributed by atoms with Crippen molar-refractivity contribution in [2.75, 3.05) is 0 Å². The summed E-state index contributed by atoms with van der Waals surface area (Å²) in [6, 6.07) is 8.56. The van der Waals surface area contributed by atoms with Gasteiger partial charge < -0.3 is 10.2 Å². The van der Waals surface area contributed by atoms with Gasteiger partial charge in [-0.05, 0) is 36.4 Å². The zero-order valence-corrected chi connectivity index (χ0v) is 9.91. The first-order valence-electron chi connectivity index (χ1n) is 5.22. The van der Waals surface area contributed by atoms with Gasteiger partial charge in [-0.2, -0.15) is 0 Å².